The molecule has 5 heteroatoms. The fourth-order valence-electron chi connectivity index (χ4n) is 2.12. The highest BCUT2D eigenvalue weighted by molar-refractivity contribution is 5.93. The Morgan fingerprint density at radius 3 is 2.57 bits per heavy atom. The molecule has 2 aromatic rings. The van der Waals surface area contributed by atoms with Gasteiger partial charge in [-0.05, 0) is 23.8 Å². The summed E-state index contributed by atoms with van der Waals surface area (Å²) in [7, 11) is 5.38. The van der Waals surface area contributed by atoms with Crippen LogP contribution in [0.5, 0.6) is 0 Å². The fraction of sp³-hybridized carbons (Fsp3) is 0.250. The molecular formula is C16H20N4O. The Morgan fingerprint density at radius 2 is 1.90 bits per heavy atom. The zero-order chi connectivity index (χ0) is 15.4. The average molecular weight is 284 g/mol. The molecule has 0 saturated heterocycles. The predicted octanol–water partition coefficient (Wildman–Crippen LogP) is 2.01. The number of aromatic nitrogens is 1. The van der Waals surface area contributed by atoms with Crippen LogP contribution in [-0.4, -0.2) is 36.9 Å². The SMILES string of the molecule is CN(C)C(=O)c1cc(N(C)c2ccccc2CN)ccn1. The zero-order valence-electron chi connectivity index (χ0n) is 12.6. The zero-order valence-corrected chi connectivity index (χ0v) is 12.6. The Kier molecular flexibility index (Phi) is 4.55. The van der Waals surface area contributed by atoms with Gasteiger partial charge < -0.3 is 15.5 Å². The van der Waals surface area contributed by atoms with Crippen LogP contribution in [0, 0.1) is 0 Å². The van der Waals surface area contributed by atoms with Crippen LogP contribution < -0.4 is 10.6 Å². The molecule has 0 unspecified atom stereocenters. The largest absolute Gasteiger partial charge is 0.344 e. The third-order valence-electron chi connectivity index (χ3n) is 3.33. The second-order valence-electron chi connectivity index (χ2n) is 4.99. The number of amides is 1. The monoisotopic (exact) mass is 284 g/mol. The van der Waals surface area contributed by atoms with E-state index in [1.54, 1.807) is 26.4 Å². The molecule has 0 bridgehead atoms. The summed E-state index contributed by atoms with van der Waals surface area (Å²) < 4.78 is 0. The van der Waals surface area contributed by atoms with E-state index in [0.717, 1.165) is 16.9 Å². The Balaban J connectivity index is 2.38. The van der Waals surface area contributed by atoms with Gasteiger partial charge in [0.2, 0.25) is 0 Å². The first-order chi connectivity index (χ1) is 10.0. The first kappa shape index (κ1) is 15.0. The van der Waals surface area contributed by atoms with E-state index in [-0.39, 0.29) is 5.91 Å². The van der Waals surface area contributed by atoms with E-state index in [4.69, 9.17) is 5.73 Å². The smallest absolute Gasteiger partial charge is 0.272 e. The van der Waals surface area contributed by atoms with Crippen molar-refractivity contribution in [2.24, 2.45) is 5.73 Å². The van der Waals surface area contributed by atoms with Crippen molar-refractivity contribution in [2.45, 2.75) is 6.54 Å². The average Bonchev–Trinajstić information content (AvgIpc) is 2.53. The fourth-order valence-corrected chi connectivity index (χ4v) is 2.12. The molecule has 0 fully saturated rings. The van der Waals surface area contributed by atoms with E-state index >= 15 is 0 Å². The highest BCUT2D eigenvalue weighted by atomic mass is 16.2. The molecular weight excluding hydrogens is 264 g/mol. The third kappa shape index (κ3) is 3.20. The lowest BCUT2D eigenvalue weighted by Crippen LogP contribution is -2.23. The number of nitrogens with zero attached hydrogens (tertiary/aromatic N) is 3. The molecule has 0 spiro atoms. The number of carbonyl (C=O) groups excluding carboxylic acids is 1. The van der Waals surface area contributed by atoms with Gasteiger partial charge in [0, 0.05) is 45.3 Å². The number of anilines is 2. The standard InChI is InChI=1S/C16H20N4O/c1-19(2)16(21)14-10-13(8-9-18-14)20(3)15-7-5-4-6-12(15)11-17/h4-10H,11,17H2,1-3H3. The first-order valence-corrected chi connectivity index (χ1v) is 6.74. The number of carbonyl (C=O) groups is 1. The molecule has 0 atom stereocenters. The van der Waals surface area contributed by atoms with Crippen molar-refractivity contribution in [2.75, 3.05) is 26.0 Å². The van der Waals surface area contributed by atoms with Gasteiger partial charge in [0.15, 0.2) is 0 Å². The van der Waals surface area contributed by atoms with Crippen molar-refractivity contribution < 1.29 is 4.79 Å². The molecule has 1 heterocycles. The molecule has 5 nitrogen and oxygen atoms in total. The van der Waals surface area contributed by atoms with E-state index in [9.17, 15) is 4.79 Å². The number of nitrogens with two attached hydrogens (primary N) is 1. The topological polar surface area (TPSA) is 62.5 Å². The van der Waals surface area contributed by atoms with Crippen LogP contribution in [0.15, 0.2) is 42.6 Å². The van der Waals surface area contributed by atoms with Crippen LogP contribution in [0.3, 0.4) is 0 Å². The second kappa shape index (κ2) is 6.37. The number of hydrogen-bond acceptors (Lipinski definition) is 4. The minimum absolute atomic E-state index is 0.114. The van der Waals surface area contributed by atoms with E-state index in [1.807, 2.05) is 42.3 Å². The molecule has 1 amide bonds. The van der Waals surface area contributed by atoms with Gasteiger partial charge >= 0.3 is 0 Å². The summed E-state index contributed by atoms with van der Waals surface area (Å²) in [5.41, 5.74) is 9.18. The van der Waals surface area contributed by atoms with Crippen LogP contribution in [0.2, 0.25) is 0 Å². The van der Waals surface area contributed by atoms with E-state index < -0.39 is 0 Å². The maximum Gasteiger partial charge on any atom is 0.272 e. The van der Waals surface area contributed by atoms with E-state index in [2.05, 4.69) is 4.98 Å². The van der Waals surface area contributed by atoms with Gasteiger partial charge in [-0.15, -0.1) is 0 Å². The van der Waals surface area contributed by atoms with Crippen LogP contribution in [0.4, 0.5) is 11.4 Å². The van der Waals surface area contributed by atoms with Gasteiger partial charge in [0.25, 0.3) is 5.91 Å². The minimum Gasteiger partial charge on any atom is -0.344 e. The summed E-state index contributed by atoms with van der Waals surface area (Å²) in [4.78, 5) is 19.7. The normalized spacial score (nSPS) is 10.3. The maximum absolute atomic E-state index is 12.0. The summed E-state index contributed by atoms with van der Waals surface area (Å²) >= 11 is 0. The highest BCUT2D eigenvalue weighted by Crippen LogP contribution is 2.26. The Bertz CT molecular complexity index is 640. The quantitative estimate of drug-likeness (QED) is 0.933. The number of hydrogen-bond donors (Lipinski definition) is 1. The molecule has 0 saturated carbocycles. The van der Waals surface area contributed by atoms with Gasteiger partial charge in [-0.1, -0.05) is 18.2 Å². The predicted molar refractivity (Wildman–Crippen MR) is 84.7 cm³/mol. The Labute approximate surface area is 125 Å². The van der Waals surface area contributed by atoms with Gasteiger partial charge in [0.1, 0.15) is 5.69 Å². The number of pyridine rings is 1. The van der Waals surface area contributed by atoms with Crippen molar-refractivity contribution in [1.82, 2.24) is 9.88 Å². The number of benzene rings is 1. The second-order valence-corrected chi connectivity index (χ2v) is 4.99. The molecule has 0 aliphatic heterocycles. The number of para-hydroxylation sites is 1. The highest BCUT2D eigenvalue weighted by Gasteiger charge is 2.13. The van der Waals surface area contributed by atoms with Gasteiger partial charge in [-0.3, -0.25) is 9.78 Å². The van der Waals surface area contributed by atoms with Gasteiger partial charge in [0.05, 0.1) is 0 Å². The van der Waals surface area contributed by atoms with Crippen LogP contribution in [0.25, 0.3) is 0 Å². The molecule has 110 valence electrons. The Hall–Kier alpha value is -2.40. The molecule has 2 rings (SSSR count). The van der Waals surface area contributed by atoms with E-state index in [1.165, 1.54) is 4.90 Å². The molecule has 1 aromatic carbocycles. The number of rotatable bonds is 4. The lowest BCUT2D eigenvalue weighted by Gasteiger charge is -2.22. The van der Waals surface area contributed by atoms with Crippen molar-refractivity contribution in [1.29, 1.82) is 0 Å². The van der Waals surface area contributed by atoms with Gasteiger partial charge in [-0.25, -0.2) is 0 Å². The van der Waals surface area contributed by atoms with Crippen LogP contribution in [-0.2, 0) is 6.54 Å². The van der Waals surface area contributed by atoms with Crippen molar-refractivity contribution in [3.8, 4) is 0 Å². The van der Waals surface area contributed by atoms with E-state index in [0.29, 0.717) is 12.2 Å². The Morgan fingerprint density at radius 1 is 1.19 bits per heavy atom. The molecule has 0 aliphatic rings. The summed E-state index contributed by atoms with van der Waals surface area (Å²) in [5, 5.41) is 0. The van der Waals surface area contributed by atoms with Crippen molar-refractivity contribution in [3.05, 3.63) is 53.9 Å². The van der Waals surface area contributed by atoms with Gasteiger partial charge in [-0.2, -0.15) is 0 Å². The molecule has 0 radical (unpaired) electrons. The lowest BCUT2D eigenvalue weighted by molar-refractivity contribution is 0.0822. The molecule has 2 N–H and O–H groups in total. The summed E-state index contributed by atoms with van der Waals surface area (Å²) in [6.07, 6.45) is 1.65. The summed E-state index contributed by atoms with van der Waals surface area (Å²) in [6, 6.07) is 11.6. The van der Waals surface area contributed by atoms with Crippen LogP contribution in [0.1, 0.15) is 16.1 Å². The molecule has 1 aromatic heterocycles. The maximum atomic E-state index is 12.0. The molecule has 21 heavy (non-hydrogen) atoms. The lowest BCUT2D eigenvalue weighted by atomic mass is 10.1. The summed E-state index contributed by atoms with van der Waals surface area (Å²) in [5.74, 6) is -0.114. The third-order valence-corrected chi connectivity index (χ3v) is 3.33. The molecule has 0 aliphatic carbocycles. The van der Waals surface area contributed by atoms with Crippen molar-refractivity contribution >= 4 is 17.3 Å². The first-order valence-electron chi connectivity index (χ1n) is 6.74. The summed E-state index contributed by atoms with van der Waals surface area (Å²) in [6.45, 7) is 0.467. The van der Waals surface area contributed by atoms with Crippen molar-refractivity contribution in [3.63, 3.8) is 0 Å². The van der Waals surface area contributed by atoms with Crippen LogP contribution >= 0.6 is 0 Å². The minimum atomic E-state index is -0.114.